The van der Waals surface area contributed by atoms with Crippen LogP contribution in [0.3, 0.4) is 0 Å². The first-order chi connectivity index (χ1) is 13.4. The van der Waals surface area contributed by atoms with Crippen LogP contribution in [-0.2, 0) is 17.1 Å². The highest BCUT2D eigenvalue weighted by molar-refractivity contribution is 6.30. The summed E-state index contributed by atoms with van der Waals surface area (Å²) < 4.78 is 0. The quantitative estimate of drug-likeness (QED) is 0.614. The van der Waals surface area contributed by atoms with Crippen LogP contribution in [0.15, 0.2) is 59.7 Å². The highest BCUT2D eigenvalue weighted by atomic mass is 35.5. The van der Waals surface area contributed by atoms with Crippen molar-refractivity contribution in [2.45, 2.75) is 38.0 Å². The minimum absolute atomic E-state index is 0.0121. The van der Waals surface area contributed by atoms with Gasteiger partial charge in [-0.05, 0) is 49.0 Å². The van der Waals surface area contributed by atoms with Gasteiger partial charge in [0.05, 0.1) is 4.92 Å². The fourth-order valence-electron chi connectivity index (χ4n) is 4.10. The number of amides is 1. The van der Waals surface area contributed by atoms with Crippen LogP contribution in [0.4, 0.5) is 5.69 Å². The molecular formula is C21H19ClN2O4. The maximum Gasteiger partial charge on any atom is 0.269 e. The zero-order valence-corrected chi connectivity index (χ0v) is 15.9. The molecule has 2 aliphatic rings. The van der Waals surface area contributed by atoms with Gasteiger partial charge < -0.3 is 5.11 Å². The number of hydrogen-bond acceptors (Lipinski definition) is 4. The maximum absolute atomic E-state index is 13.1. The Hall–Kier alpha value is -2.70. The average Bonchev–Trinajstić information content (AvgIpc) is 2.92. The molecule has 1 atom stereocenters. The number of nitrogens with zero attached hydrogens (tertiary/aromatic N) is 2. The van der Waals surface area contributed by atoms with Crippen LogP contribution in [0.25, 0.3) is 0 Å². The van der Waals surface area contributed by atoms with E-state index in [4.69, 9.17) is 11.6 Å². The van der Waals surface area contributed by atoms with E-state index in [1.807, 2.05) is 0 Å². The molecule has 0 radical (unpaired) electrons. The number of halogens is 1. The van der Waals surface area contributed by atoms with Crippen molar-refractivity contribution < 1.29 is 14.8 Å². The molecule has 0 spiro atoms. The Morgan fingerprint density at radius 3 is 2.36 bits per heavy atom. The third-order valence-electron chi connectivity index (χ3n) is 5.52. The van der Waals surface area contributed by atoms with Gasteiger partial charge in [-0.2, -0.15) is 0 Å². The number of benzene rings is 2. The minimum Gasteiger partial charge on any atom is -0.363 e. The lowest BCUT2D eigenvalue weighted by molar-refractivity contribution is -0.384. The summed E-state index contributed by atoms with van der Waals surface area (Å²) in [5.74, 6) is -0.175. The van der Waals surface area contributed by atoms with Gasteiger partial charge in [-0.3, -0.25) is 19.8 Å². The van der Waals surface area contributed by atoms with Crippen molar-refractivity contribution in [2.24, 2.45) is 0 Å². The Morgan fingerprint density at radius 2 is 1.71 bits per heavy atom. The van der Waals surface area contributed by atoms with E-state index in [-0.39, 0.29) is 18.1 Å². The smallest absolute Gasteiger partial charge is 0.269 e. The molecule has 2 aromatic carbocycles. The van der Waals surface area contributed by atoms with Crippen LogP contribution < -0.4 is 0 Å². The number of carbonyl (C=O) groups is 1. The second-order valence-electron chi connectivity index (χ2n) is 7.16. The van der Waals surface area contributed by atoms with Crippen LogP contribution in [0.1, 0.15) is 36.8 Å². The van der Waals surface area contributed by atoms with Crippen LogP contribution >= 0.6 is 11.6 Å². The monoisotopic (exact) mass is 398 g/mol. The summed E-state index contributed by atoms with van der Waals surface area (Å²) in [6, 6.07) is 12.9. The maximum atomic E-state index is 13.1. The molecule has 0 aromatic heterocycles. The van der Waals surface area contributed by atoms with Crippen LogP contribution in [-0.4, -0.2) is 20.8 Å². The lowest BCUT2D eigenvalue weighted by atomic mass is 9.85. The van der Waals surface area contributed by atoms with Gasteiger partial charge in [-0.25, -0.2) is 0 Å². The normalized spacial score (nSPS) is 21.8. The number of aliphatic hydroxyl groups is 1. The molecule has 1 heterocycles. The van der Waals surface area contributed by atoms with E-state index in [1.165, 1.54) is 17.0 Å². The van der Waals surface area contributed by atoms with E-state index in [0.29, 0.717) is 34.6 Å². The van der Waals surface area contributed by atoms with Gasteiger partial charge in [0.15, 0.2) is 5.72 Å². The molecule has 0 bridgehead atoms. The van der Waals surface area contributed by atoms with Crippen molar-refractivity contribution in [2.75, 3.05) is 0 Å². The lowest BCUT2D eigenvalue weighted by Gasteiger charge is -2.37. The third kappa shape index (κ3) is 2.99. The first-order valence-electron chi connectivity index (χ1n) is 9.17. The molecule has 7 heteroatoms. The lowest BCUT2D eigenvalue weighted by Crippen LogP contribution is -2.45. The summed E-state index contributed by atoms with van der Waals surface area (Å²) in [7, 11) is 0. The number of rotatable bonds is 4. The molecule has 4 rings (SSSR count). The summed E-state index contributed by atoms with van der Waals surface area (Å²) in [6.45, 7) is 0.156. The highest BCUT2D eigenvalue weighted by Gasteiger charge is 2.51. The minimum atomic E-state index is -1.53. The van der Waals surface area contributed by atoms with Gasteiger partial charge in [-0.1, -0.05) is 35.9 Å². The molecule has 2 aromatic rings. The van der Waals surface area contributed by atoms with E-state index in [2.05, 4.69) is 0 Å². The average molecular weight is 399 g/mol. The zero-order valence-electron chi connectivity index (χ0n) is 15.1. The third-order valence-corrected chi connectivity index (χ3v) is 5.77. The molecule has 0 saturated carbocycles. The van der Waals surface area contributed by atoms with E-state index < -0.39 is 10.6 Å². The van der Waals surface area contributed by atoms with Gasteiger partial charge in [0.1, 0.15) is 0 Å². The Balaban J connectivity index is 1.75. The van der Waals surface area contributed by atoms with Gasteiger partial charge in [0, 0.05) is 34.8 Å². The number of carbonyl (C=O) groups excluding carboxylic acids is 1. The van der Waals surface area contributed by atoms with Crippen molar-refractivity contribution >= 4 is 23.2 Å². The van der Waals surface area contributed by atoms with E-state index in [9.17, 15) is 20.0 Å². The zero-order chi connectivity index (χ0) is 19.9. The van der Waals surface area contributed by atoms with E-state index in [0.717, 1.165) is 18.4 Å². The Bertz CT molecular complexity index is 969. The summed E-state index contributed by atoms with van der Waals surface area (Å²) in [6.07, 6.45) is 3.16. The van der Waals surface area contributed by atoms with Gasteiger partial charge in [0.25, 0.3) is 11.6 Å². The van der Waals surface area contributed by atoms with Crippen LogP contribution in [0.2, 0.25) is 5.02 Å². The molecule has 1 N–H and O–H groups in total. The van der Waals surface area contributed by atoms with Gasteiger partial charge in [0.2, 0.25) is 0 Å². The fraction of sp³-hybridized carbons (Fsp3) is 0.286. The number of nitro groups is 1. The second kappa shape index (κ2) is 7.04. The Morgan fingerprint density at radius 1 is 1.07 bits per heavy atom. The highest BCUT2D eigenvalue weighted by Crippen LogP contribution is 2.48. The van der Waals surface area contributed by atoms with Crippen LogP contribution in [0.5, 0.6) is 0 Å². The van der Waals surface area contributed by atoms with Crippen molar-refractivity contribution in [3.63, 3.8) is 0 Å². The standard InChI is InChI=1S/C21H19ClN2O4/c22-16-9-7-15(8-10-16)21(26)19-4-2-1-3-18(19)20(25)23(21)13-14-5-11-17(12-6-14)24(27)28/h5-12,26H,1-4,13H2. The summed E-state index contributed by atoms with van der Waals surface area (Å²) >= 11 is 6.01. The fourth-order valence-corrected chi connectivity index (χ4v) is 4.23. The number of non-ortho nitro benzene ring substituents is 1. The summed E-state index contributed by atoms with van der Waals surface area (Å²) in [5.41, 5.74) is 1.21. The summed E-state index contributed by atoms with van der Waals surface area (Å²) in [4.78, 5) is 25.0. The predicted molar refractivity (Wildman–Crippen MR) is 104 cm³/mol. The van der Waals surface area contributed by atoms with E-state index >= 15 is 0 Å². The predicted octanol–water partition coefficient (Wildman–Crippen LogP) is 4.31. The molecule has 1 amide bonds. The van der Waals surface area contributed by atoms with Crippen LogP contribution in [0, 0.1) is 10.1 Å². The molecule has 6 nitrogen and oxygen atoms in total. The molecular weight excluding hydrogens is 380 g/mol. The topological polar surface area (TPSA) is 83.7 Å². The molecule has 1 unspecified atom stereocenters. The van der Waals surface area contributed by atoms with Crippen molar-refractivity contribution in [1.82, 2.24) is 4.90 Å². The molecule has 144 valence electrons. The largest absolute Gasteiger partial charge is 0.363 e. The summed E-state index contributed by atoms with van der Waals surface area (Å²) in [5, 5.41) is 23.2. The Labute approximate surface area is 167 Å². The Kier molecular flexibility index (Phi) is 4.69. The number of nitro benzene ring substituents is 1. The molecule has 1 aliphatic carbocycles. The number of hydrogen-bond donors (Lipinski definition) is 1. The molecule has 0 saturated heterocycles. The van der Waals surface area contributed by atoms with Crippen molar-refractivity contribution in [3.8, 4) is 0 Å². The van der Waals surface area contributed by atoms with Gasteiger partial charge >= 0.3 is 0 Å². The molecule has 1 aliphatic heterocycles. The molecule has 28 heavy (non-hydrogen) atoms. The first kappa shape index (κ1) is 18.7. The molecule has 0 fully saturated rings. The van der Waals surface area contributed by atoms with Gasteiger partial charge in [-0.15, -0.1) is 0 Å². The van der Waals surface area contributed by atoms with Crippen molar-refractivity contribution in [1.29, 1.82) is 0 Å². The second-order valence-corrected chi connectivity index (χ2v) is 7.59. The first-order valence-corrected chi connectivity index (χ1v) is 9.55. The SMILES string of the molecule is O=C1C2=C(CCCC2)C(O)(c2ccc(Cl)cc2)N1Cc1ccc([N+](=O)[O-])cc1. The van der Waals surface area contributed by atoms with Crippen molar-refractivity contribution in [3.05, 3.63) is 85.9 Å². The van der Waals surface area contributed by atoms with E-state index in [1.54, 1.807) is 36.4 Å².